The SMILES string of the molecule is CCNC(=NCc1nc(C)c(C)s1)NCCc1cc(C)ccc1OC. The van der Waals surface area contributed by atoms with Crippen molar-refractivity contribution in [3.05, 3.63) is 44.9 Å². The fraction of sp³-hybridized carbons (Fsp3) is 0.474. The Balaban J connectivity index is 1.95. The maximum atomic E-state index is 5.44. The molecule has 2 N–H and O–H groups in total. The zero-order valence-electron chi connectivity index (χ0n) is 15.8. The number of rotatable bonds is 7. The van der Waals surface area contributed by atoms with E-state index in [-0.39, 0.29) is 0 Å². The minimum Gasteiger partial charge on any atom is -0.496 e. The van der Waals surface area contributed by atoms with Gasteiger partial charge < -0.3 is 15.4 Å². The van der Waals surface area contributed by atoms with Crippen LogP contribution in [0.25, 0.3) is 0 Å². The molecule has 0 amide bonds. The molecule has 5 nitrogen and oxygen atoms in total. The van der Waals surface area contributed by atoms with Gasteiger partial charge in [-0.15, -0.1) is 11.3 Å². The zero-order chi connectivity index (χ0) is 18.2. The number of benzene rings is 1. The molecule has 0 saturated carbocycles. The van der Waals surface area contributed by atoms with Crippen LogP contribution in [0.3, 0.4) is 0 Å². The van der Waals surface area contributed by atoms with Gasteiger partial charge in [-0.05, 0) is 45.7 Å². The van der Waals surface area contributed by atoms with Crippen molar-refractivity contribution < 1.29 is 4.74 Å². The van der Waals surface area contributed by atoms with Gasteiger partial charge in [0, 0.05) is 18.0 Å². The molecule has 0 aliphatic rings. The molecule has 1 aromatic carbocycles. The molecule has 0 bridgehead atoms. The molecule has 1 heterocycles. The molecule has 0 radical (unpaired) electrons. The first kappa shape index (κ1) is 19.2. The number of aliphatic imine (C=N–C) groups is 1. The van der Waals surface area contributed by atoms with Gasteiger partial charge in [0.1, 0.15) is 10.8 Å². The highest BCUT2D eigenvalue weighted by Gasteiger charge is 2.06. The summed E-state index contributed by atoms with van der Waals surface area (Å²) in [6, 6.07) is 6.27. The molecule has 6 heteroatoms. The number of ether oxygens (including phenoxy) is 1. The lowest BCUT2D eigenvalue weighted by Gasteiger charge is -2.13. The summed E-state index contributed by atoms with van der Waals surface area (Å²) in [4.78, 5) is 10.4. The molecule has 2 rings (SSSR count). The molecule has 0 aliphatic carbocycles. The van der Waals surface area contributed by atoms with Crippen molar-refractivity contribution in [1.82, 2.24) is 15.6 Å². The number of hydrogen-bond donors (Lipinski definition) is 2. The van der Waals surface area contributed by atoms with Crippen LogP contribution in [-0.2, 0) is 13.0 Å². The third-order valence-corrected chi connectivity index (χ3v) is 4.97. The van der Waals surface area contributed by atoms with Crippen LogP contribution in [0.5, 0.6) is 5.75 Å². The number of nitrogens with one attached hydrogen (secondary N) is 2. The maximum Gasteiger partial charge on any atom is 0.191 e. The fourth-order valence-corrected chi connectivity index (χ4v) is 3.37. The van der Waals surface area contributed by atoms with Gasteiger partial charge in [-0.25, -0.2) is 9.98 Å². The summed E-state index contributed by atoms with van der Waals surface area (Å²) in [5.74, 6) is 1.75. The first-order valence-electron chi connectivity index (χ1n) is 8.62. The van der Waals surface area contributed by atoms with E-state index in [0.29, 0.717) is 6.54 Å². The van der Waals surface area contributed by atoms with E-state index in [2.05, 4.69) is 53.5 Å². The summed E-state index contributed by atoms with van der Waals surface area (Å²) in [5.41, 5.74) is 3.54. The van der Waals surface area contributed by atoms with Crippen molar-refractivity contribution in [2.45, 2.75) is 40.7 Å². The van der Waals surface area contributed by atoms with Crippen LogP contribution in [0.1, 0.15) is 33.6 Å². The summed E-state index contributed by atoms with van der Waals surface area (Å²) in [6.07, 6.45) is 0.880. The van der Waals surface area contributed by atoms with Crippen molar-refractivity contribution in [2.75, 3.05) is 20.2 Å². The normalized spacial score (nSPS) is 11.5. The summed E-state index contributed by atoms with van der Waals surface area (Å²) in [6.45, 7) is 10.5. The van der Waals surface area contributed by atoms with Crippen LogP contribution in [0, 0.1) is 20.8 Å². The minimum atomic E-state index is 0.600. The number of hydrogen-bond acceptors (Lipinski definition) is 4. The Morgan fingerprint density at radius 3 is 2.68 bits per heavy atom. The Hall–Kier alpha value is -2.08. The first-order chi connectivity index (χ1) is 12.0. The van der Waals surface area contributed by atoms with E-state index in [1.807, 2.05) is 13.0 Å². The Kier molecular flexibility index (Phi) is 7.25. The summed E-state index contributed by atoms with van der Waals surface area (Å²) in [5, 5.41) is 7.73. The summed E-state index contributed by atoms with van der Waals surface area (Å²) in [7, 11) is 1.71. The predicted octanol–water partition coefficient (Wildman–Crippen LogP) is 3.37. The molecule has 0 fully saturated rings. The van der Waals surface area contributed by atoms with Gasteiger partial charge in [0.15, 0.2) is 5.96 Å². The maximum absolute atomic E-state index is 5.44. The van der Waals surface area contributed by atoms with E-state index in [4.69, 9.17) is 4.74 Å². The van der Waals surface area contributed by atoms with E-state index < -0.39 is 0 Å². The van der Waals surface area contributed by atoms with Crippen molar-refractivity contribution >= 4 is 17.3 Å². The number of nitrogens with zero attached hydrogens (tertiary/aromatic N) is 2. The Bertz CT molecular complexity index is 705. The van der Waals surface area contributed by atoms with Gasteiger partial charge in [-0.3, -0.25) is 0 Å². The third-order valence-electron chi connectivity index (χ3n) is 3.91. The van der Waals surface area contributed by atoms with Gasteiger partial charge in [0.25, 0.3) is 0 Å². The average Bonchev–Trinajstić information content (AvgIpc) is 2.91. The second kappa shape index (κ2) is 9.42. The zero-order valence-corrected chi connectivity index (χ0v) is 16.6. The lowest BCUT2D eigenvalue weighted by Crippen LogP contribution is -2.38. The minimum absolute atomic E-state index is 0.600. The molecular formula is C19H28N4OS. The number of thiazole rings is 1. The van der Waals surface area contributed by atoms with Gasteiger partial charge in [0.05, 0.1) is 19.3 Å². The predicted molar refractivity (Wildman–Crippen MR) is 106 cm³/mol. The van der Waals surface area contributed by atoms with Gasteiger partial charge in [-0.1, -0.05) is 17.7 Å². The van der Waals surface area contributed by atoms with Gasteiger partial charge in [-0.2, -0.15) is 0 Å². The van der Waals surface area contributed by atoms with Crippen LogP contribution >= 0.6 is 11.3 Å². The molecule has 1 aromatic heterocycles. The molecule has 0 atom stereocenters. The molecule has 0 spiro atoms. The Labute approximate surface area is 154 Å². The highest BCUT2D eigenvalue weighted by atomic mass is 32.1. The standard InChI is InChI=1S/C19H28N4OS/c1-6-20-19(22-12-18-23-14(3)15(4)25-18)21-10-9-16-11-13(2)7-8-17(16)24-5/h7-8,11H,6,9-10,12H2,1-5H3,(H2,20,21,22). The molecule has 0 aliphatic heterocycles. The van der Waals surface area contributed by atoms with Crippen LogP contribution in [0.15, 0.2) is 23.2 Å². The second-order valence-electron chi connectivity index (χ2n) is 5.94. The monoisotopic (exact) mass is 360 g/mol. The number of methoxy groups -OCH3 is 1. The third kappa shape index (κ3) is 5.74. The van der Waals surface area contributed by atoms with Crippen LogP contribution in [-0.4, -0.2) is 31.1 Å². The van der Waals surface area contributed by atoms with Crippen LogP contribution in [0.4, 0.5) is 0 Å². The highest BCUT2D eigenvalue weighted by molar-refractivity contribution is 7.11. The van der Waals surface area contributed by atoms with Crippen LogP contribution < -0.4 is 15.4 Å². The number of aryl methyl sites for hydroxylation is 3. The van der Waals surface area contributed by atoms with E-state index in [1.54, 1.807) is 18.4 Å². The van der Waals surface area contributed by atoms with E-state index in [9.17, 15) is 0 Å². The molecule has 2 aromatic rings. The molecular weight excluding hydrogens is 332 g/mol. The van der Waals surface area contributed by atoms with Crippen molar-refractivity contribution in [1.29, 1.82) is 0 Å². The van der Waals surface area contributed by atoms with Crippen molar-refractivity contribution in [2.24, 2.45) is 4.99 Å². The van der Waals surface area contributed by atoms with E-state index in [1.165, 1.54) is 16.0 Å². The van der Waals surface area contributed by atoms with Crippen molar-refractivity contribution in [3.8, 4) is 5.75 Å². The summed E-state index contributed by atoms with van der Waals surface area (Å²) >= 11 is 1.71. The lowest BCUT2D eigenvalue weighted by atomic mass is 10.1. The first-order valence-corrected chi connectivity index (χ1v) is 9.43. The quantitative estimate of drug-likeness (QED) is 0.587. The molecule has 0 saturated heterocycles. The van der Waals surface area contributed by atoms with Crippen LogP contribution in [0.2, 0.25) is 0 Å². The molecule has 0 unspecified atom stereocenters. The van der Waals surface area contributed by atoms with Gasteiger partial charge >= 0.3 is 0 Å². The highest BCUT2D eigenvalue weighted by Crippen LogP contribution is 2.20. The Morgan fingerprint density at radius 2 is 2.04 bits per heavy atom. The smallest absolute Gasteiger partial charge is 0.191 e. The van der Waals surface area contributed by atoms with E-state index in [0.717, 1.165) is 41.9 Å². The largest absolute Gasteiger partial charge is 0.496 e. The lowest BCUT2D eigenvalue weighted by molar-refractivity contribution is 0.409. The molecule has 25 heavy (non-hydrogen) atoms. The van der Waals surface area contributed by atoms with Gasteiger partial charge in [0.2, 0.25) is 0 Å². The fourth-order valence-electron chi connectivity index (χ4n) is 2.51. The second-order valence-corrected chi connectivity index (χ2v) is 7.22. The molecule has 136 valence electrons. The topological polar surface area (TPSA) is 58.5 Å². The summed E-state index contributed by atoms with van der Waals surface area (Å²) < 4.78 is 5.44. The van der Waals surface area contributed by atoms with E-state index >= 15 is 0 Å². The Morgan fingerprint density at radius 1 is 1.24 bits per heavy atom. The number of aromatic nitrogens is 1. The van der Waals surface area contributed by atoms with Crippen molar-refractivity contribution in [3.63, 3.8) is 0 Å². The number of guanidine groups is 1. The average molecular weight is 361 g/mol.